The summed E-state index contributed by atoms with van der Waals surface area (Å²) in [6.45, 7) is 0. The summed E-state index contributed by atoms with van der Waals surface area (Å²) in [4.78, 5) is 16.8. The van der Waals surface area contributed by atoms with Gasteiger partial charge in [-0.15, -0.1) is 0 Å². The molecule has 0 unspecified atom stereocenters. The molecule has 25 heavy (non-hydrogen) atoms. The molecule has 0 bridgehead atoms. The fourth-order valence-electron chi connectivity index (χ4n) is 2.82. The van der Waals surface area contributed by atoms with Crippen molar-refractivity contribution in [3.63, 3.8) is 0 Å². The largest absolute Gasteiger partial charge is 0.368 e. The number of nitrogens with zero attached hydrogens (tertiary/aromatic N) is 5. The van der Waals surface area contributed by atoms with Crippen molar-refractivity contribution in [3.8, 4) is 11.6 Å². The minimum atomic E-state index is 0.0820. The summed E-state index contributed by atoms with van der Waals surface area (Å²) in [6.07, 6.45) is 4.66. The molecule has 0 amide bonds. The second-order valence-electron chi connectivity index (χ2n) is 5.88. The minimum Gasteiger partial charge on any atom is -0.368 e. The summed E-state index contributed by atoms with van der Waals surface area (Å²) < 4.78 is 5.25. The number of nitrogens with two attached hydrogens (primary N) is 1. The molecule has 0 spiro atoms. The Morgan fingerprint density at radius 1 is 0.960 bits per heavy atom. The fraction of sp³-hybridized carbons (Fsp3) is 0.312. The summed E-state index contributed by atoms with van der Waals surface area (Å²) in [5.74, 6) is 0.933. The van der Waals surface area contributed by atoms with Crippen LogP contribution in [-0.2, 0) is 0 Å². The molecule has 3 aromatic rings. The average Bonchev–Trinajstić information content (AvgIpc) is 3.28. The molecule has 1 aromatic carbocycles. The monoisotopic (exact) mass is 338 g/mol. The van der Waals surface area contributed by atoms with Gasteiger partial charge >= 0.3 is 6.01 Å². The van der Waals surface area contributed by atoms with E-state index in [2.05, 4.69) is 35.7 Å². The number of rotatable bonds is 5. The van der Waals surface area contributed by atoms with E-state index < -0.39 is 0 Å². The van der Waals surface area contributed by atoms with E-state index in [9.17, 15) is 0 Å². The molecule has 4 N–H and O–H groups in total. The molecule has 1 aliphatic carbocycles. The van der Waals surface area contributed by atoms with Crippen LogP contribution in [0.25, 0.3) is 11.6 Å². The zero-order valence-corrected chi connectivity index (χ0v) is 13.5. The zero-order valence-electron chi connectivity index (χ0n) is 13.5. The quantitative estimate of drug-likeness (QED) is 0.643. The zero-order chi connectivity index (χ0) is 17.1. The highest BCUT2D eigenvalue weighted by atomic mass is 16.5. The van der Waals surface area contributed by atoms with Crippen molar-refractivity contribution in [1.29, 1.82) is 0 Å². The smallest absolute Gasteiger partial charge is 0.322 e. The standard InChI is InChI=1S/C16H18N8O/c17-14-20-12(21-15(23-14)18-10-6-2-1-3-7-10)13-22-16(25-24-13)19-11-8-4-5-9-11/h1-3,6-7,11H,4-5,8-9H2,(H,19,22,24)(H3,17,18,20,21,23). The first-order valence-electron chi connectivity index (χ1n) is 8.20. The molecule has 9 nitrogen and oxygen atoms in total. The molecule has 9 heteroatoms. The Kier molecular flexibility index (Phi) is 4.11. The predicted molar refractivity (Wildman–Crippen MR) is 93.1 cm³/mol. The number of nitrogen functional groups attached to an aromatic ring is 1. The number of hydrogen-bond acceptors (Lipinski definition) is 9. The lowest BCUT2D eigenvalue weighted by Crippen LogP contribution is -2.14. The van der Waals surface area contributed by atoms with Crippen LogP contribution >= 0.6 is 0 Å². The van der Waals surface area contributed by atoms with Gasteiger partial charge in [0, 0.05) is 11.7 Å². The van der Waals surface area contributed by atoms with E-state index in [-0.39, 0.29) is 17.6 Å². The van der Waals surface area contributed by atoms with Crippen LogP contribution in [0, 0.1) is 0 Å². The Morgan fingerprint density at radius 2 is 1.76 bits per heavy atom. The van der Waals surface area contributed by atoms with Crippen molar-refractivity contribution in [1.82, 2.24) is 25.1 Å². The maximum atomic E-state index is 5.79. The molecule has 1 saturated carbocycles. The van der Waals surface area contributed by atoms with E-state index in [0.29, 0.717) is 18.0 Å². The van der Waals surface area contributed by atoms with Crippen LogP contribution in [0.4, 0.5) is 23.6 Å². The average molecular weight is 338 g/mol. The molecule has 0 atom stereocenters. The second-order valence-corrected chi connectivity index (χ2v) is 5.88. The maximum Gasteiger partial charge on any atom is 0.322 e. The molecular formula is C16H18N8O. The van der Waals surface area contributed by atoms with Crippen molar-refractivity contribution in [2.24, 2.45) is 0 Å². The number of hydrogen-bond donors (Lipinski definition) is 3. The lowest BCUT2D eigenvalue weighted by atomic mass is 10.3. The summed E-state index contributed by atoms with van der Waals surface area (Å²) in [7, 11) is 0. The van der Waals surface area contributed by atoms with Gasteiger partial charge in [0.2, 0.25) is 23.5 Å². The molecule has 2 aromatic heterocycles. The van der Waals surface area contributed by atoms with Gasteiger partial charge in [0.05, 0.1) is 0 Å². The van der Waals surface area contributed by atoms with Crippen LogP contribution in [-0.4, -0.2) is 31.1 Å². The second kappa shape index (κ2) is 6.71. The Labute approximate surface area is 144 Å². The van der Waals surface area contributed by atoms with Crippen LogP contribution in [0.5, 0.6) is 0 Å². The molecule has 128 valence electrons. The number of nitrogens with one attached hydrogen (secondary N) is 2. The van der Waals surface area contributed by atoms with Crippen LogP contribution in [0.1, 0.15) is 25.7 Å². The molecule has 0 aliphatic heterocycles. The molecule has 0 radical (unpaired) electrons. The van der Waals surface area contributed by atoms with Crippen molar-refractivity contribution in [2.45, 2.75) is 31.7 Å². The van der Waals surface area contributed by atoms with Crippen molar-refractivity contribution in [3.05, 3.63) is 30.3 Å². The Bertz CT molecular complexity index is 844. The normalized spacial score (nSPS) is 14.6. The molecule has 1 fully saturated rings. The summed E-state index contributed by atoms with van der Waals surface area (Å²) in [5.41, 5.74) is 6.63. The number of para-hydroxylation sites is 1. The van der Waals surface area contributed by atoms with Gasteiger partial charge in [0.25, 0.3) is 0 Å². The topological polar surface area (TPSA) is 128 Å². The SMILES string of the molecule is Nc1nc(Nc2ccccc2)nc(-c2noc(NC3CCCC3)n2)n1. The highest BCUT2D eigenvalue weighted by Gasteiger charge is 2.19. The first kappa shape index (κ1) is 15.3. The molecule has 1 aliphatic rings. The van der Waals surface area contributed by atoms with Crippen LogP contribution in [0.3, 0.4) is 0 Å². The highest BCUT2D eigenvalue weighted by Crippen LogP contribution is 2.23. The van der Waals surface area contributed by atoms with E-state index in [1.54, 1.807) is 0 Å². The molecule has 4 rings (SSSR count). The Morgan fingerprint density at radius 3 is 2.56 bits per heavy atom. The van der Waals surface area contributed by atoms with E-state index in [0.717, 1.165) is 18.5 Å². The van der Waals surface area contributed by atoms with Crippen molar-refractivity contribution in [2.75, 3.05) is 16.4 Å². The molecular weight excluding hydrogens is 320 g/mol. The van der Waals surface area contributed by atoms with E-state index in [1.807, 2.05) is 30.3 Å². The minimum absolute atomic E-state index is 0.0820. The van der Waals surface area contributed by atoms with Gasteiger partial charge < -0.3 is 20.9 Å². The first-order chi connectivity index (χ1) is 12.3. The maximum absolute atomic E-state index is 5.79. The third-order valence-electron chi connectivity index (χ3n) is 3.99. The van der Waals surface area contributed by atoms with E-state index in [4.69, 9.17) is 10.3 Å². The third kappa shape index (κ3) is 3.65. The predicted octanol–water partition coefficient (Wildman–Crippen LogP) is 2.60. The lowest BCUT2D eigenvalue weighted by molar-refractivity contribution is 0.427. The number of benzene rings is 1. The first-order valence-corrected chi connectivity index (χ1v) is 8.20. The lowest BCUT2D eigenvalue weighted by Gasteiger charge is -2.07. The number of anilines is 4. The van der Waals surface area contributed by atoms with E-state index >= 15 is 0 Å². The van der Waals surface area contributed by atoms with Gasteiger partial charge in [-0.05, 0) is 25.0 Å². The van der Waals surface area contributed by atoms with E-state index in [1.165, 1.54) is 12.8 Å². The third-order valence-corrected chi connectivity index (χ3v) is 3.99. The van der Waals surface area contributed by atoms with Gasteiger partial charge in [-0.3, -0.25) is 0 Å². The summed E-state index contributed by atoms with van der Waals surface area (Å²) in [5, 5.41) is 10.3. The number of aromatic nitrogens is 5. The van der Waals surface area contributed by atoms with Crippen molar-refractivity contribution >= 4 is 23.6 Å². The Hall–Kier alpha value is -3.23. The van der Waals surface area contributed by atoms with Crippen LogP contribution in [0.15, 0.2) is 34.9 Å². The van der Waals surface area contributed by atoms with Gasteiger partial charge in [0.1, 0.15) is 0 Å². The highest BCUT2D eigenvalue weighted by molar-refractivity contribution is 5.56. The summed E-state index contributed by atoms with van der Waals surface area (Å²) >= 11 is 0. The molecule has 2 heterocycles. The summed E-state index contributed by atoms with van der Waals surface area (Å²) in [6, 6.07) is 10.3. The van der Waals surface area contributed by atoms with Gasteiger partial charge in [0.15, 0.2) is 0 Å². The van der Waals surface area contributed by atoms with Gasteiger partial charge in [-0.25, -0.2) is 0 Å². The Balaban J connectivity index is 1.54. The van der Waals surface area contributed by atoms with Gasteiger partial charge in [-0.1, -0.05) is 36.2 Å². The van der Waals surface area contributed by atoms with Gasteiger partial charge in [-0.2, -0.15) is 19.9 Å². The van der Waals surface area contributed by atoms with Crippen molar-refractivity contribution < 1.29 is 4.52 Å². The van der Waals surface area contributed by atoms with Crippen LogP contribution < -0.4 is 16.4 Å². The molecule has 0 saturated heterocycles. The van der Waals surface area contributed by atoms with Crippen LogP contribution in [0.2, 0.25) is 0 Å². The fourth-order valence-corrected chi connectivity index (χ4v) is 2.82.